The zero-order valence-corrected chi connectivity index (χ0v) is 12.5. The maximum atomic E-state index is 11.3. The molecule has 4 fully saturated rings. The minimum absolute atomic E-state index is 0.310. The number of carbonyl (C=O) groups excluding carboxylic acids is 1. The largest absolute Gasteiger partial charge is 0.497 e. The molecule has 0 aliphatic heterocycles. The lowest BCUT2D eigenvalue weighted by Gasteiger charge is -2.53. The second-order valence-electron chi connectivity index (χ2n) is 7.03. The maximum Gasteiger partial charge on any atom is 0.153 e. The van der Waals surface area contributed by atoms with E-state index < -0.39 is 0 Å². The fourth-order valence-corrected chi connectivity index (χ4v) is 5.07. The molecular weight excluding hydrogens is 264 g/mol. The molecule has 3 heteroatoms. The number of hydrogen-bond donors (Lipinski definition) is 0. The number of rotatable bonds is 4. The monoisotopic (exact) mass is 286 g/mol. The van der Waals surface area contributed by atoms with E-state index in [0.717, 1.165) is 23.9 Å². The van der Waals surface area contributed by atoms with Crippen LogP contribution in [0.25, 0.3) is 0 Å². The maximum absolute atomic E-state index is 11.3. The van der Waals surface area contributed by atoms with E-state index in [4.69, 9.17) is 9.47 Å². The van der Waals surface area contributed by atoms with Crippen molar-refractivity contribution in [3.63, 3.8) is 0 Å². The summed E-state index contributed by atoms with van der Waals surface area (Å²) in [7, 11) is 1.61. The summed E-state index contributed by atoms with van der Waals surface area (Å²) in [5.41, 5.74) is 0.600. The van der Waals surface area contributed by atoms with E-state index >= 15 is 0 Å². The van der Waals surface area contributed by atoms with Gasteiger partial charge in [0.05, 0.1) is 12.7 Å². The van der Waals surface area contributed by atoms with Gasteiger partial charge in [-0.05, 0) is 74.0 Å². The van der Waals surface area contributed by atoms with Crippen molar-refractivity contribution in [1.82, 2.24) is 0 Å². The Morgan fingerprint density at radius 2 is 1.71 bits per heavy atom. The molecule has 5 rings (SSSR count). The number of carbonyl (C=O) groups is 1. The predicted molar refractivity (Wildman–Crippen MR) is 79.8 cm³/mol. The van der Waals surface area contributed by atoms with Crippen molar-refractivity contribution < 1.29 is 14.3 Å². The molecule has 4 aliphatic carbocycles. The molecule has 0 saturated heterocycles. The van der Waals surface area contributed by atoms with Crippen LogP contribution < -0.4 is 9.47 Å². The molecule has 0 radical (unpaired) electrons. The van der Waals surface area contributed by atoms with E-state index in [0.29, 0.717) is 29.3 Å². The van der Waals surface area contributed by atoms with Gasteiger partial charge in [0, 0.05) is 0 Å². The predicted octanol–water partition coefficient (Wildman–Crippen LogP) is 3.71. The van der Waals surface area contributed by atoms with Crippen LogP contribution >= 0.6 is 0 Å². The molecule has 4 saturated carbocycles. The topological polar surface area (TPSA) is 35.5 Å². The second-order valence-corrected chi connectivity index (χ2v) is 7.03. The highest BCUT2D eigenvalue weighted by molar-refractivity contribution is 5.80. The molecule has 4 bridgehead atoms. The summed E-state index contributed by atoms with van der Waals surface area (Å²) in [6.45, 7) is 0. The number of hydrogen-bond acceptors (Lipinski definition) is 3. The van der Waals surface area contributed by atoms with Gasteiger partial charge in [-0.25, -0.2) is 0 Å². The molecule has 1 aromatic carbocycles. The highest BCUT2D eigenvalue weighted by Crippen LogP contribution is 2.54. The van der Waals surface area contributed by atoms with E-state index in [2.05, 4.69) is 0 Å². The Balaban J connectivity index is 1.57. The third-order valence-electron chi connectivity index (χ3n) is 5.75. The standard InChI is InChI=1S/C18H22O3/c1-20-16-2-3-17(15(9-16)10-19)21-18-13-5-11-4-12(7-13)8-14(18)6-11/h2-3,9-14,18H,4-8H2,1H3. The third kappa shape index (κ3) is 2.23. The first-order chi connectivity index (χ1) is 10.3. The molecule has 112 valence electrons. The second kappa shape index (κ2) is 5.04. The Morgan fingerprint density at radius 1 is 1.05 bits per heavy atom. The molecule has 0 heterocycles. The van der Waals surface area contributed by atoms with Crippen LogP contribution in [0.3, 0.4) is 0 Å². The Hall–Kier alpha value is -1.51. The van der Waals surface area contributed by atoms with E-state index in [1.807, 2.05) is 12.1 Å². The average molecular weight is 286 g/mol. The summed E-state index contributed by atoms with van der Waals surface area (Å²) in [5.74, 6) is 4.70. The Bertz CT molecular complexity index is 523. The number of methoxy groups -OCH3 is 1. The molecule has 0 spiro atoms. The third-order valence-corrected chi connectivity index (χ3v) is 5.75. The van der Waals surface area contributed by atoms with E-state index in [1.165, 1.54) is 32.1 Å². The van der Waals surface area contributed by atoms with Crippen LogP contribution in [0.5, 0.6) is 11.5 Å². The van der Waals surface area contributed by atoms with Crippen LogP contribution in [0.2, 0.25) is 0 Å². The summed E-state index contributed by atoms with van der Waals surface area (Å²) < 4.78 is 11.5. The van der Waals surface area contributed by atoms with Crippen molar-refractivity contribution in [1.29, 1.82) is 0 Å². The lowest BCUT2D eigenvalue weighted by molar-refractivity contribution is -0.0791. The molecule has 0 unspecified atom stereocenters. The van der Waals surface area contributed by atoms with Crippen molar-refractivity contribution in [2.75, 3.05) is 7.11 Å². The minimum atomic E-state index is 0.310. The molecule has 21 heavy (non-hydrogen) atoms. The van der Waals surface area contributed by atoms with Gasteiger partial charge in [0.2, 0.25) is 0 Å². The number of aldehydes is 1. The molecule has 1 aromatic rings. The molecule has 0 N–H and O–H groups in total. The Labute approximate surface area is 125 Å². The summed E-state index contributed by atoms with van der Waals surface area (Å²) >= 11 is 0. The summed E-state index contributed by atoms with van der Waals surface area (Å²) in [5, 5.41) is 0. The van der Waals surface area contributed by atoms with Gasteiger partial charge < -0.3 is 9.47 Å². The number of benzene rings is 1. The lowest BCUT2D eigenvalue weighted by Crippen LogP contribution is -2.50. The Morgan fingerprint density at radius 3 is 2.29 bits per heavy atom. The fraction of sp³-hybridized carbons (Fsp3) is 0.611. The van der Waals surface area contributed by atoms with Gasteiger partial charge in [-0.15, -0.1) is 0 Å². The van der Waals surface area contributed by atoms with Crippen LogP contribution in [0.15, 0.2) is 18.2 Å². The summed E-state index contributed by atoms with van der Waals surface area (Å²) in [4.78, 5) is 11.3. The van der Waals surface area contributed by atoms with Gasteiger partial charge in [-0.1, -0.05) is 0 Å². The van der Waals surface area contributed by atoms with Gasteiger partial charge >= 0.3 is 0 Å². The van der Waals surface area contributed by atoms with Gasteiger partial charge in [-0.3, -0.25) is 4.79 Å². The highest BCUT2D eigenvalue weighted by Gasteiger charge is 2.49. The van der Waals surface area contributed by atoms with Crippen LogP contribution in [-0.4, -0.2) is 19.5 Å². The zero-order chi connectivity index (χ0) is 14.4. The van der Waals surface area contributed by atoms with Crippen molar-refractivity contribution in [3.8, 4) is 11.5 Å². The van der Waals surface area contributed by atoms with Crippen LogP contribution in [0.4, 0.5) is 0 Å². The van der Waals surface area contributed by atoms with Gasteiger partial charge in [0.1, 0.15) is 17.6 Å². The van der Waals surface area contributed by atoms with Crippen molar-refractivity contribution in [2.45, 2.75) is 38.2 Å². The first kappa shape index (κ1) is 13.2. The molecular formula is C18H22O3. The average Bonchev–Trinajstić information content (AvgIpc) is 2.50. The molecule has 3 nitrogen and oxygen atoms in total. The van der Waals surface area contributed by atoms with Gasteiger partial charge in [0.25, 0.3) is 0 Å². The summed E-state index contributed by atoms with van der Waals surface area (Å²) in [6.07, 6.45) is 7.92. The van der Waals surface area contributed by atoms with Crippen molar-refractivity contribution in [3.05, 3.63) is 23.8 Å². The molecule has 0 amide bonds. The quantitative estimate of drug-likeness (QED) is 0.791. The minimum Gasteiger partial charge on any atom is -0.497 e. The van der Waals surface area contributed by atoms with Crippen LogP contribution in [0.1, 0.15) is 42.5 Å². The van der Waals surface area contributed by atoms with Gasteiger partial charge in [0.15, 0.2) is 6.29 Å². The van der Waals surface area contributed by atoms with Crippen LogP contribution in [-0.2, 0) is 0 Å². The molecule has 0 atom stereocenters. The smallest absolute Gasteiger partial charge is 0.153 e. The first-order valence-electron chi connectivity index (χ1n) is 8.06. The SMILES string of the molecule is COc1ccc(OC2C3CC4CC(C3)CC2C4)c(C=O)c1. The highest BCUT2D eigenvalue weighted by atomic mass is 16.5. The molecule has 4 aliphatic rings. The summed E-state index contributed by atoms with van der Waals surface area (Å²) in [6, 6.07) is 5.52. The Kier molecular flexibility index (Phi) is 3.16. The van der Waals surface area contributed by atoms with Crippen molar-refractivity contribution in [2.24, 2.45) is 23.7 Å². The zero-order valence-electron chi connectivity index (χ0n) is 12.5. The van der Waals surface area contributed by atoms with E-state index in [9.17, 15) is 4.79 Å². The fourth-order valence-electron chi connectivity index (χ4n) is 5.07. The van der Waals surface area contributed by atoms with E-state index in [1.54, 1.807) is 13.2 Å². The van der Waals surface area contributed by atoms with Gasteiger partial charge in [-0.2, -0.15) is 0 Å². The lowest BCUT2D eigenvalue weighted by atomic mass is 9.55. The van der Waals surface area contributed by atoms with E-state index in [-0.39, 0.29) is 0 Å². The normalized spacial score (nSPS) is 36.5. The van der Waals surface area contributed by atoms with Crippen molar-refractivity contribution >= 4 is 6.29 Å². The first-order valence-corrected chi connectivity index (χ1v) is 8.06. The van der Waals surface area contributed by atoms with Crippen LogP contribution in [0, 0.1) is 23.7 Å². The molecule has 0 aromatic heterocycles. The number of ether oxygens (including phenoxy) is 2.